The molecule has 2 rings (SSSR count). The van der Waals surface area contributed by atoms with E-state index in [1.807, 2.05) is 6.20 Å². The standard InChI is InChI=1S/C12H22N4/c1-3-15-9-5-6-10(13)12(15)11-7-8-14-16(11)4-2/h7-8,10,12H,3-6,9,13H2,1-2H3. The van der Waals surface area contributed by atoms with E-state index >= 15 is 0 Å². The Morgan fingerprint density at radius 3 is 2.94 bits per heavy atom. The predicted molar refractivity (Wildman–Crippen MR) is 65.1 cm³/mol. The molecule has 0 bridgehead atoms. The van der Waals surface area contributed by atoms with Crippen LogP contribution >= 0.6 is 0 Å². The Labute approximate surface area is 97.4 Å². The van der Waals surface area contributed by atoms with Gasteiger partial charge in [0.1, 0.15) is 0 Å². The van der Waals surface area contributed by atoms with Crippen LogP contribution in [-0.4, -0.2) is 33.8 Å². The Hall–Kier alpha value is -0.870. The summed E-state index contributed by atoms with van der Waals surface area (Å²) in [5.41, 5.74) is 7.55. The molecule has 0 aliphatic carbocycles. The van der Waals surface area contributed by atoms with Crippen LogP contribution in [0.2, 0.25) is 0 Å². The van der Waals surface area contributed by atoms with Crippen LogP contribution in [0.25, 0.3) is 0 Å². The van der Waals surface area contributed by atoms with Gasteiger partial charge in [0.15, 0.2) is 0 Å². The van der Waals surface area contributed by atoms with Gasteiger partial charge >= 0.3 is 0 Å². The van der Waals surface area contributed by atoms with Gasteiger partial charge in [0.2, 0.25) is 0 Å². The molecule has 0 amide bonds. The van der Waals surface area contributed by atoms with Crippen molar-refractivity contribution in [2.45, 2.75) is 45.3 Å². The van der Waals surface area contributed by atoms with Gasteiger partial charge < -0.3 is 5.73 Å². The summed E-state index contributed by atoms with van der Waals surface area (Å²) in [6.45, 7) is 7.47. The molecule has 4 nitrogen and oxygen atoms in total. The number of hydrogen-bond donors (Lipinski definition) is 1. The zero-order chi connectivity index (χ0) is 11.5. The third kappa shape index (κ3) is 1.99. The van der Waals surface area contributed by atoms with Crippen molar-refractivity contribution in [3.05, 3.63) is 18.0 Å². The summed E-state index contributed by atoms with van der Waals surface area (Å²) in [7, 11) is 0. The average molecular weight is 222 g/mol. The van der Waals surface area contributed by atoms with E-state index in [2.05, 4.69) is 34.6 Å². The number of aryl methyl sites for hydroxylation is 1. The van der Waals surface area contributed by atoms with E-state index in [4.69, 9.17) is 5.73 Å². The highest BCUT2D eigenvalue weighted by molar-refractivity contribution is 5.11. The third-order valence-electron chi connectivity index (χ3n) is 3.54. The number of aromatic nitrogens is 2. The van der Waals surface area contributed by atoms with Crippen molar-refractivity contribution in [2.75, 3.05) is 13.1 Å². The van der Waals surface area contributed by atoms with Crippen LogP contribution in [0.15, 0.2) is 12.3 Å². The molecule has 0 spiro atoms. The summed E-state index contributed by atoms with van der Waals surface area (Å²) < 4.78 is 2.07. The topological polar surface area (TPSA) is 47.1 Å². The smallest absolute Gasteiger partial charge is 0.0670 e. The lowest BCUT2D eigenvalue weighted by Gasteiger charge is -2.39. The first-order chi connectivity index (χ1) is 7.77. The molecular weight excluding hydrogens is 200 g/mol. The molecule has 4 heteroatoms. The Bertz CT molecular complexity index is 334. The molecule has 1 aromatic heterocycles. The zero-order valence-electron chi connectivity index (χ0n) is 10.3. The molecule has 90 valence electrons. The minimum Gasteiger partial charge on any atom is -0.326 e. The van der Waals surface area contributed by atoms with Gasteiger partial charge in [-0.15, -0.1) is 0 Å². The molecule has 1 aliphatic heterocycles. The fourth-order valence-corrected chi connectivity index (χ4v) is 2.72. The quantitative estimate of drug-likeness (QED) is 0.840. The molecule has 2 atom stereocenters. The second-order valence-corrected chi connectivity index (χ2v) is 4.45. The van der Waals surface area contributed by atoms with Gasteiger partial charge in [0, 0.05) is 18.8 Å². The van der Waals surface area contributed by atoms with Gasteiger partial charge in [-0.1, -0.05) is 6.92 Å². The molecule has 16 heavy (non-hydrogen) atoms. The fourth-order valence-electron chi connectivity index (χ4n) is 2.72. The van der Waals surface area contributed by atoms with E-state index in [0.717, 1.165) is 26.1 Å². The number of nitrogens with two attached hydrogens (primary N) is 1. The average Bonchev–Trinajstić information content (AvgIpc) is 2.76. The number of rotatable bonds is 3. The van der Waals surface area contributed by atoms with E-state index < -0.39 is 0 Å². The molecular formula is C12H22N4. The van der Waals surface area contributed by atoms with Gasteiger partial charge in [0.05, 0.1) is 11.7 Å². The van der Waals surface area contributed by atoms with Crippen LogP contribution in [0.3, 0.4) is 0 Å². The predicted octanol–water partition coefficient (Wildman–Crippen LogP) is 1.39. The number of hydrogen-bond acceptors (Lipinski definition) is 3. The summed E-state index contributed by atoms with van der Waals surface area (Å²) in [5.74, 6) is 0. The molecule has 0 aromatic carbocycles. The first-order valence-electron chi connectivity index (χ1n) is 6.29. The molecule has 1 aliphatic rings. The van der Waals surface area contributed by atoms with Crippen LogP contribution < -0.4 is 5.73 Å². The maximum Gasteiger partial charge on any atom is 0.0670 e. The van der Waals surface area contributed by atoms with Crippen LogP contribution in [0.5, 0.6) is 0 Å². The fraction of sp³-hybridized carbons (Fsp3) is 0.750. The van der Waals surface area contributed by atoms with E-state index in [0.29, 0.717) is 6.04 Å². The van der Waals surface area contributed by atoms with Gasteiger partial charge in [-0.05, 0) is 38.9 Å². The highest BCUT2D eigenvalue weighted by atomic mass is 15.3. The zero-order valence-corrected chi connectivity index (χ0v) is 10.3. The lowest BCUT2D eigenvalue weighted by atomic mass is 9.94. The monoisotopic (exact) mass is 222 g/mol. The van der Waals surface area contributed by atoms with Gasteiger partial charge in [-0.2, -0.15) is 5.10 Å². The first-order valence-corrected chi connectivity index (χ1v) is 6.29. The maximum atomic E-state index is 6.28. The highest BCUT2D eigenvalue weighted by Gasteiger charge is 2.31. The lowest BCUT2D eigenvalue weighted by molar-refractivity contribution is 0.128. The molecule has 1 aromatic rings. The summed E-state index contributed by atoms with van der Waals surface area (Å²) >= 11 is 0. The van der Waals surface area contributed by atoms with E-state index in [1.54, 1.807) is 0 Å². The summed E-state index contributed by atoms with van der Waals surface area (Å²) in [4.78, 5) is 2.47. The second kappa shape index (κ2) is 4.97. The van der Waals surface area contributed by atoms with Crippen LogP contribution in [0.4, 0.5) is 0 Å². The summed E-state index contributed by atoms with van der Waals surface area (Å²) in [6.07, 6.45) is 4.22. The van der Waals surface area contributed by atoms with E-state index in [-0.39, 0.29) is 6.04 Å². The van der Waals surface area contributed by atoms with Crippen molar-refractivity contribution in [3.63, 3.8) is 0 Å². The van der Waals surface area contributed by atoms with Crippen LogP contribution in [0.1, 0.15) is 38.4 Å². The Balaban J connectivity index is 2.28. The normalized spacial score (nSPS) is 27.2. The largest absolute Gasteiger partial charge is 0.326 e. The highest BCUT2D eigenvalue weighted by Crippen LogP contribution is 2.29. The maximum absolute atomic E-state index is 6.28. The number of piperidine rings is 1. The molecule has 0 saturated carbocycles. The van der Waals surface area contributed by atoms with Gasteiger partial charge in [0.25, 0.3) is 0 Å². The molecule has 1 saturated heterocycles. The first kappa shape index (κ1) is 11.6. The van der Waals surface area contributed by atoms with Gasteiger partial charge in [-0.3, -0.25) is 9.58 Å². The SMILES string of the molecule is CCN1CCCC(N)C1c1ccnn1CC. The molecule has 1 fully saturated rings. The van der Waals surface area contributed by atoms with E-state index in [9.17, 15) is 0 Å². The molecule has 0 radical (unpaired) electrons. The number of likely N-dealkylation sites (tertiary alicyclic amines) is 1. The van der Waals surface area contributed by atoms with Crippen LogP contribution in [-0.2, 0) is 6.54 Å². The van der Waals surface area contributed by atoms with Crippen molar-refractivity contribution in [1.29, 1.82) is 0 Å². The van der Waals surface area contributed by atoms with Crippen LogP contribution in [0, 0.1) is 0 Å². The van der Waals surface area contributed by atoms with Crippen molar-refractivity contribution >= 4 is 0 Å². The summed E-state index contributed by atoms with van der Waals surface area (Å²) in [6, 6.07) is 2.71. The third-order valence-corrected chi connectivity index (χ3v) is 3.54. The molecule has 2 heterocycles. The minimum absolute atomic E-state index is 0.246. The molecule has 2 N–H and O–H groups in total. The summed E-state index contributed by atoms with van der Waals surface area (Å²) in [5, 5.41) is 4.35. The second-order valence-electron chi connectivity index (χ2n) is 4.45. The number of nitrogens with zero attached hydrogens (tertiary/aromatic N) is 3. The van der Waals surface area contributed by atoms with Crippen molar-refractivity contribution in [1.82, 2.24) is 14.7 Å². The van der Waals surface area contributed by atoms with Crippen molar-refractivity contribution < 1.29 is 0 Å². The van der Waals surface area contributed by atoms with Crippen molar-refractivity contribution in [3.8, 4) is 0 Å². The Kier molecular flexibility index (Phi) is 3.61. The molecule has 2 unspecified atom stereocenters. The van der Waals surface area contributed by atoms with Gasteiger partial charge in [-0.25, -0.2) is 0 Å². The minimum atomic E-state index is 0.246. The number of likely N-dealkylation sites (N-methyl/N-ethyl adjacent to an activating group) is 1. The Morgan fingerprint density at radius 2 is 2.25 bits per heavy atom. The lowest BCUT2D eigenvalue weighted by Crippen LogP contribution is -2.46. The van der Waals surface area contributed by atoms with E-state index in [1.165, 1.54) is 12.1 Å². The van der Waals surface area contributed by atoms with Crippen molar-refractivity contribution in [2.24, 2.45) is 5.73 Å². The Morgan fingerprint density at radius 1 is 1.44 bits per heavy atom.